The van der Waals surface area contributed by atoms with Crippen LogP contribution in [0.5, 0.6) is 5.75 Å². The number of thioether (sulfide) groups is 1. The Morgan fingerprint density at radius 2 is 2.07 bits per heavy atom. The highest BCUT2D eigenvalue weighted by Gasteiger charge is 2.16. The molecule has 1 fully saturated rings. The molecule has 0 unspecified atom stereocenters. The lowest BCUT2D eigenvalue weighted by Gasteiger charge is -2.10. The average molecular weight is 223 g/mol. The topological polar surface area (TPSA) is 35.2 Å². The van der Waals surface area contributed by atoms with Crippen LogP contribution >= 0.6 is 11.8 Å². The van der Waals surface area contributed by atoms with E-state index in [4.69, 9.17) is 10.5 Å². The molecule has 0 heterocycles. The van der Waals surface area contributed by atoms with Crippen molar-refractivity contribution >= 4 is 17.4 Å². The van der Waals surface area contributed by atoms with Gasteiger partial charge in [0.1, 0.15) is 5.75 Å². The molecule has 0 saturated heterocycles. The molecule has 2 rings (SSSR count). The Bertz CT molecular complexity index is 334. The summed E-state index contributed by atoms with van der Waals surface area (Å²) in [4.78, 5) is 1.27. The fourth-order valence-electron chi connectivity index (χ4n) is 1.96. The fourth-order valence-corrected chi connectivity index (χ4v) is 3.24. The van der Waals surface area contributed by atoms with Crippen LogP contribution in [0.1, 0.15) is 25.7 Å². The molecule has 1 aromatic carbocycles. The Labute approximate surface area is 95.2 Å². The van der Waals surface area contributed by atoms with E-state index < -0.39 is 0 Å². The Balaban J connectivity index is 2.07. The number of rotatable bonds is 3. The number of anilines is 1. The van der Waals surface area contributed by atoms with Crippen molar-refractivity contribution in [1.82, 2.24) is 0 Å². The standard InChI is InChI=1S/C12H17NOS/c1-14-12-8-10(6-7-11(12)13)15-9-4-2-3-5-9/h6-9H,2-5,13H2,1H3. The van der Waals surface area contributed by atoms with Crippen molar-refractivity contribution in [3.8, 4) is 5.75 Å². The Kier molecular flexibility index (Phi) is 3.41. The van der Waals surface area contributed by atoms with E-state index in [1.807, 2.05) is 23.9 Å². The van der Waals surface area contributed by atoms with Gasteiger partial charge in [0.05, 0.1) is 12.8 Å². The first-order valence-corrected chi connectivity index (χ1v) is 6.28. The van der Waals surface area contributed by atoms with Gasteiger partial charge in [0.2, 0.25) is 0 Å². The number of benzene rings is 1. The van der Waals surface area contributed by atoms with Crippen LogP contribution in [-0.4, -0.2) is 12.4 Å². The molecule has 2 N–H and O–H groups in total. The largest absolute Gasteiger partial charge is 0.495 e. The van der Waals surface area contributed by atoms with E-state index in [2.05, 4.69) is 6.07 Å². The average Bonchev–Trinajstić information content (AvgIpc) is 2.73. The predicted molar refractivity (Wildman–Crippen MR) is 65.5 cm³/mol. The summed E-state index contributed by atoms with van der Waals surface area (Å²) in [5.41, 5.74) is 6.49. The maximum atomic E-state index is 5.77. The first kappa shape index (κ1) is 10.7. The molecule has 3 heteroatoms. The number of ether oxygens (including phenoxy) is 1. The zero-order valence-corrected chi connectivity index (χ0v) is 9.85. The third-order valence-electron chi connectivity index (χ3n) is 2.81. The van der Waals surface area contributed by atoms with E-state index in [-0.39, 0.29) is 0 Å². The van der Waals surface area contributed by atoms with Gasteiger partial charge in [0.25, 0.3) is 0 Å². The lowest BCUT2D eigenvalue weighted by molar-refractivity contribution is 0.416. The summed E-state index contributed by atoms with van der Waals surface area (Å²) in [6, 6.07) is 6.05. The molecule has 0 aromatic heterocycles. The molecule has 0 radical (unpaired) electrons. The van der Waals surface area contributed by atoms with Gasteiger partial charge in [0, 0.05) is 10.1 Å². The van der Waals surface area contributed by atoms with Crippen molar-refractivity contribution < 1.29 is 4.74 Å². The first-order chi connectivity index (χ1) is 7.29. The van der Waals surface area contributed by atoms with Crippen LogP contribution in [0.4, 0.5) is 5.69 Å². The van der Waals surface area contributed by atoms with Crippen molar-refractivity contribution in [1.29, 1.82) is 0 Å². The Hall–Kier alpha value is -0.830. The van der Waals surface area contributed by atoms with E-state index in [9.17, 15) is 0 Å². The van der Waals surface area contributed by atoms with Crippen molar-refractivity contribution in [2.45, 2.75) is 35.8 Å². The van der Waals surface area contributed by atoms with Crippen LogP contribution in [0.15, 0.2) is 23.1 Å². The summed E-state index contributed by atoms with van der Waals surface area (Å²) >= 11 is 1.95. The number of nitrogens with two attached hydrogens (primary N) is 1. The molecule has 0 aliphatic heterocycles. The quantitative estimate of drug-likeness (QED) is 0.798. The molecule has 0 amide bonds. The van der Waals surface area contributed by atoms with E-state index in [0.29, 0.717) is 5.69 Å². The molecule has 0 spiro atoms. The van der Waals surface area contributed by atoms with Gasteiger partial charge >= 0.3 is 0 Å². The van der Waals surface area contributed by atoms with Crippen LogP contribution in [0.3, 0.4) is 0 Å². The van der Waals surface area contributed by atoms with Gasteiger partial charge < -0.3 is 10.5 Å². The van der Waals surface area contributed by atoms with E-state index >= 15 is 0 Å². The summed E-state index contributed by atoms with van der Waals surface area (Å²) in [6.07, 6.45) is 5.45. The fraction of sp³-hybridized carbons (Fsp3) is 0.500. The maximum Gasteiger partial charge on any atom is 0.142 e. The van der Waals surface area contributed by atoms with Gasteiger partial charge in [-0.05, 0) is 31.0 Å². The number of methoxy groups -OCH3 is 1. The predicted octanol–water partition coefficient (Wildman–Crippen LogP) is 3.31. The lowest BCUT2D eigenvalue weighted by Crippen LogP contribution is -1.95. The van der Waals surface area contributed by atoms with E-state index in [1.165, 1.54) is 30.6 Å². The Morgan fingerprint density at radius 3 is 2.73 bits per heavy atom. The summed E-state index contributed by atoms with van der Waals surface area (Å²) in [5.74, 6) is 0.790. The molecule has 1 aliphatic rings. The third-order valence-corrected chi connectivity index (χ3v) is 4.14. The monoisotopic (exact) mass is 223 g/mol. The molecular formula is C12H17NOS. The molecular weight excluding hydrogens is 206 g/mol. The number of hydrogen-bond donors (Lipinski definition) is 1. The summed E-state index contributed by atoms with van der Waals surface area (Å²) in [5, 5.41) is 0.790. The second-order valence-corrected chi connectivity index (χ2v) is 5.30. The van der Waals surface area contributed by atoms with Gasteiger partial charge in [-0.2, -0.15) is 0 Å². The van der Waals surface area contributed by atoms with E-state index in [0.717, 1.165) is 11.0 Å². The highest BCUT2D eigenvalue weighted by molar-refractivity contribution is 8.00. The molecule has 0 bridgehead atoms. The van der Waals surface area contributed by atoms with Gasteiger partial charge in [-0.15, -0.1) is 11.8 Å². The van der Waals surface area contributed by atoms with Gasteiger partial charge in [-0.25, -0.2) is 0 Å². The maximum absolute atomic E-state index is 5.77. The normalized spacial score (nSPS) is 16.9. The highest BCUT2D eigenvalue weighted by atomic mass is 32.2. The number of hydrogen-bond acceptors (Lipinski definition) is 3. The first-order valence-electron chi connectivity index (χ1n) is 5.40. The second-order valence-electron chi connectivity index (χ2n) is 3.93. The number of nitrogen functional groups attached to an aromatic ring is 1. The van der Waals surface area contributed by atoms with Crippen LogP contribution in [0, 0.1) is 0 Å². The second kappa shape index (κ2) is 4.79. The molecule has 82 valence electrons. The van der Waals surface area contributed by atoms with Crippen molar-refractivity contribution in [3.05, 3.63) is 18.2 Å². The van der Waals surface area contributed by atoms with E-state index in [1.54, 1.807) is 7.11 Å². The SMILES string of the molecule is COc1cc(SC2CCCC2)ccc1N. The van der Waals surface area contributed by atoms with Crippen molar-refractivity contribution in [2.24, 2.45) is 0 Å². The van der Waals surface area contributed by atoms with Gasteiger partial charge in [-0.3, -0.25) is 0 Å². The van der Waals surface area contributed by atoms with Crippen LogP contribution in [0.25, 0.3) is 0 Å². The summed E-state index contributed by atoms with van der Waals surface area (Å²) < 4.78 is 5.21. The Morgan fingerprint density at radius 1 is 1.33 bits per heavy atom. The molecule has 1 aliphatic carbocycles. The van der Waals surface area contributed by atoms with Crippen LogP contribution in [-0.2, 0) is 0 Å². The van der Waals surface area contributed by atoms with Crippen LogP contribution in [0.2, 0.25) is 0 Å². The zero-order chi connectivity index (χ0) is 10.7. The minimum absolute atomic E-state index is 0.716. The summed E-state index contributed by atoms with van der Waals surface area (Å²) in [6.45, 7) is 0. The zero-order valence-electron chi connectivity index (χ0n) is 9.03. The minimum atomic E-state index is 0.716. The summed E-state index contributed by atoms with van der Waals surface area (Å²) in [7, 11) is 1.66. The lowest BCUT2D eigenvalue weighted by atomic mass is 10.3. The van der Waals surface area contributed by atoms with Gasteiger partial charge in [0.15, 0.2) is 0 Å². The molecule has 15 heavy (non-hydrogen) atoms. The molecule has 2 nitrogen and oxygen atoms in total. The molecule has 1 saturated carbocycles. The molecule has 1 aromatic rings. The molecule has 0 atom stereocenters. The minimum Gasteiger partial charge on any atom is -0.495 e. The highest BCUT2D eigenvalue weighted by Crippen LogP contribution is 2.37. The van der Waals surface area contributed by atoms with Crippen LogP contribution < -0.4 is 10.5 Å². The van der Waals surface area contributed by atoms with Crippen molar-refractivity contribution in [2.75, 3.05) is 12.8 Å². The third kappa shape index (κ3) is 2.59. The smallest absolute Gasteiger partial charge is 0.142 e. The van der Waals surface area contributed by atoms with Gasteiger partial charge in [-0.1, -0.05) is 12.8 Å². The van der Waals surface area contributed by atoms with Crippen molar-refractivity contribution in [3.63, 3.8) is 0 Å².